The molecule has 7 heteroatoms. The largest absolute Gasteiger partial charge is 0.215 e. The molecule has 0 amide bonds. The highest BCUT2D eigenvalue weighted by Crippen LogP contribution is 2.21. The highest BCUT2D eigenvalue weighted by Gasteiger charge is 2.09. The Kier molecular flexibility index (Phi) is 6.74. The molecule has 1 aromatic rings. The fourth-order valence-electron chi connectivity index (χ4n) is 1.38. The van der Waals surface area contributed by atoms with Crippen LogP contribution in [0, 0.1) is 0 Å². The van der Waals surface area contributed by atoms with Crippen LogP contribution in [-0.4, -0.2) is 26.6 Å². The van der Waals surface area contributed by atoms with Gasteiger partial charge in [0.1, 0.15) is 0 Å². The first-order valence-electron chi connectivity index (χ1n) is 5.42. The van der Waals surface area contributed by atoms with Gasteiger partial charge in [0.05, 0.1) is 5.75 Å². The van der Waals surface area contributed by atoms with Crippen molar-refractivity contribution in [2.24, 2.45) is 0 Å². The molecule has 0 aromatic heterocycles. The van der Waals surface area contributed by atoms with Gasteiger partial charge < -0.3 is 0 Å². The molecule has 0 spiro atoms. The Hall–Kier alpha value is -0.000000000000000111. The summed E-state index contributed by atoms with van der Waals surface area (Å²) in [6.45, 7) is 0.311. The summed E-state index contributed by atoms with van der Waals surface area (Å²) in [5.41, 5.74) is 0.862. The van der Waals surface area contributed by atoms with E-state index in [0.29, 0.717) is 35.3 Å². The van der Waals surface area contributed by atoms with Gasteiger partial charge >= 0.3 is 0 Å². The molecule has 0 bridgehead atoms. The molecule has 0 aliphatic carbocycles. The molecule has 0 heterocycles. The molecule has 1 rings (SSSR count). The number of nitrogens with one attached hydrogen (secondary N) is 1. The zero-order chi connectivity index (χ0) is 13.6. The molecule has 0 saturated heterocycles. The summed E-state index contributed by atoms with van der Waals surface area (Å²) in [6.07, 6.45) is 0.967. The molecule has 3 nitrogen and oxygen atoms in total. The third-order valence-electron chi connectivity index (χ3n) is 2.28. The molecule has 18 heavy (non-hydrogen) atoms. The van der Waals surface area contributed by atoms with Crippen LogP contribution >= 0.6 is 34.8 Å². The van der Waals surface area contributed by atoms with E-state index in [1.165, 1.54) is 0 Å². The van der Waals surface area contributed by atoms with Gasteiger partial charge in [0.2, 0.25) is 10.0 Å². The number of rotatable bonds is 7. The van der Waals surface area contributed by atoms with E-state index in [1.54, 1.807) is 18.2 Å². The second-order valence-corrected chi connectivity index (χ2v) is 6.89. The van der Waals surface area contributed by atoms with E-state index in [0.717, 1.165) is 5.56 Å². The van der Waals surface area contributed by atoms with Gasteiger partial charge in [0, 0.05) is 22.5 Å². The fourth-order valence-corrected chi connectivity index (χ4v) is 3.26. The summed E-state index contributed by atoms with van der Waals surface area (Å²) in [5, 5.41) is 1.11. The minimum Gasteiger partial charge on any atom is -0.215 e. The van der Waals surface area contributed by atoms with E-state index in [2.05, 4.69) is 4.72 Å². The zero-order valence-electron chi connectivity index (χ0n) is 9.63. The van der Waals surface area contributed by atoms with E-state index in [-0.39, 0.29) is 5.75 Å². The Bertz CT molecular complexity index is 491. The van der Waals surface area contributed by atoms with Crippen LogP contribution in [0.5, 0.6) is 0 Å². The van der Waals surface area contributed by atoms with Crippen LogP contribution < -0.4 is 4.72 Å². The lowest BCUT2D eigenvalue weighted by Crippen LogP contribution is -2.28. The number of sulfonamides is 1. The summed E-state index contributed by atoms with van der Waals surface area (Å²) in [5.74, 6) is 0.384. The molecular formula is C11H14Cl3NO2S. The maximum Gasteiger partial charge on any atom is 0.211 e. The van der Waals surface area contributed by atoms with Crippen molar-refractivity contribution in [2.45, 2.75) is 12.8 Å². The van der Waals surface area contributed by atoms with Gasteiger partial charge in [-0.2, -0.15) is 0 Å². The quantitative estimate of drug-likeness (QED) is 0.781. The van der Waals surface area contributed by atoms with Crippen LogP contribution in [0.2, 0.25) is 10.0 Å². The minimum absolute atomic E-state index is 0.0465. The van der Waals surface area contributed by atoms with Gasteiger partial charge in [-0.3, -0.25) is 0 Å². The monoisotopic (exact) mass is 329 g/mol. The topological polar surface area (TPSA) is 46.2 Å². The van der Waals surface area contributed by atoms with E-state index >= 15 is 0 Å². The third-order valence-corrected chi connectivity index (χ3v) is 4.60. The van der Waals surface area contributed by atoms with Crippen LogP contribution in [0.1, 0.15) is 12.0 Å². The molecule has 102 valence electrons. The molecule has 0 atom stereocenters. The Balaban J connectivity index is 2.46. The van der Waals surface area contributed by atoms with E-state index in [4.69, 9.17) is 34.8 Å². The van der Waals surface area contributed by atoms with E-state index < -0.39 is 10.0 Å². The van der Waals surface area contributed by atoms with E-state index in [1.807, 2.05) is 0 Å². The standard InChI is InChI=1S/C11H14Cl3NO2S/c12-5-1-7-18(16,17)15-6-4-9-2-3-10(13)8-11(9)14/h2-3,8,15H,1,4-7H2. The summed E-state index contributed by atoms with van der Waals surface area (Å²) in [7, 11) is -3.24. The van der Waals surface area contributed by atoms with Crippen LogP contribution in [0.25, 0.3) is 0 Å². The first kappa shape index (κ1) is 16.1. The van der Waals surface area contributed by atoms with Gasteiger partial charge in [-0.15, -0.1) is 11.6 Å². The van der Waals surface area contributed by atoms with Crippen LogP contribution in [0.4, 0.5) is 0 Å². The predicted molar refractivity (Wildman–Crippen MR) is 77.3 cm³/mol. The maximum absolute atomic E-state index is 11.5. The Morgan fingerprint density at radius 1 is 1.22 bits per heavy atom. The van der Waals surface area contributed by atoms with Crippen molar-refractivity contribution in [3.05, 3.63) is 33.8 Å². The summed E-state index contributed by atoms with van der Waals surface area (Å²) < 4.78 is 25.5. The zero-order valence-corrected chi connectivity index (χ0v) is 12.7. The second-order valence-electron chi connectivity index (χ2n) is 3.74. The van der Waals surface area contributed by atoms with Crippen molar-refractivity contribution in [3.8, 4) is 0 Å². The molecule has 0 aliphatic rings. The van der Waals surface area contributed by atoms with Crippen molar-refractivity contribution >= 4 is 44.8 Å². The van der Waals surface area contributed by atoms with Crippen molar-refractivity contribution in [2.75, 3.05) is 18.2 Å². The lowest BCUT2D eigenvalue weighted by Gasteiger charge is -2.07. The normalized spacial score (nSPS) is 11.7. The number of benzene rings is 1. The SMILES string of the molecule is O=S(=O)(CCCCl)NCCc1ccc(Cl)cc1Cl. The van der Waals surface area contributed by atoms with Crippen LogP contribution in [-0.2, 0) is 16.4 Å². The molecule has 1 N–H and O–H groups in total. The maximum atomic E-state index is 11.5. The molecule has 0 saturated carbocycles. The molecule has 0 radical (unpaired) electrons. The lowest BCUT2D eigenvalue weighted by molar-refractivity contribution is 0.580. The van der Waals surface area contributed by atoms with Crippen LogP contribution in [0.3, 0.4) is 0 Å². The minimum atomic E-state index is -3.24. The summed E-state index contributed by atoms with van der Waals surface area (Å²) in [4.78, 5) is 0. The molecule has 0 fully saturated rings. The van der Waals surface area contributed by atoms with Gasteiger partial charge in [0.15, 0.2) is 0 Å². The number of halogens is 3. The Labute approximate surface area is 122 Å². The molecular weight excluding hydrogens is 317 g/mol. The Morgan fingerprint density at radius 3 is 2.56 bits per heavy atom. The highest BCUT2D eigenvalue weighted by atomic mass is 35.5. The number of alkyl halides is 1. The molecule has 0 aliphatic heterocycles. The fraction of sp³-hybridized carbons (Fsp3) is 0.455. The average molecular weight is 331 g/mol. The van der Waals surface area contributed by atoms with Gasteiger partial charge in [0.25, 0.3) is 0 Å². The van der Waals surface area contributed by atoms with Gasteiger partial charge in [-0.1, -0.05) is 29.3 Å². The van der Waals surface area contributed by atoms with Gasteiger partial charge in [-0.25, -0.2) is 13.1 Å². The smallest absolute Gasteiger partial charge is 0.211 e. The van der Waals surface area contributed by atoms with E-state index in [9.17, 15) is 8.42 Å². The van der Waals surface area contributed by atoms with Crippen molar-refractivity contribution < 1.29 is 8.42 Å². The average Bonchev–Trinajstić information content (AvgIpc) is 2.29. The third kappa shape index (κ3) is 5.76. The molecule has 0 unspecified atom stereocenters. The number of hydrogen-bond acceptors (Lipinski definition) is 2. The summed E-state index contributed by atoms with van der Waals surface area (Å²) >= 11 is 17.2. The number of hydrogen-bond donors (Lipinski definition) is 1. The Morgan fingerprint density at radius 2 is 1.94 bits per heavy atom. The summed E-state index contributed by atoms with van der Waals surface area (Å²) in [6, 6.07) is 5.16. The molecule has 1 aromatic carbocycles. The van der Waals surface area contributed by atoms with Crippen molar-refractivity contribution in [1.29, 1.82) is 0 Å². The second kappa shape index (κ2) is 7.56. The van der Waals surface area contributed by atoms with Crippen molar-refractivity contribution in [3.63, 3.8) is 0 Å². The van der Waals surface area contributed by atoms with Crippen molar-refractivity contribution in [1.82, 2.24) is 4.72 Å². The highest BCUT2D eigenvalue weighted by molar-refractivity contribution is 7.89. The predicted octanol–water partition coefficient (Wildman–Crippen LogP) is 3.08. The first-order valence-corrected chi connectivity index (χ1v) is 8.36. The lowest BCUT2D eigenvalue weighted by atomic mass is 10.1. The van der Waals surface area contributed by atoms with Crippen LogP contribution in [0.15, 0.2) is 18.2 Å². The first-order chi connectivity index (χ1) is 8.44. The van der Waals surface area contributed by atoms with Gasteiger partial charge in [-0.05, 0) is 30.5 Å².